The standard InChI is InChI=1S/C29H29F2N3O5/c1-5-37-27(35)25-21(15-32)22(17-34(25)19-13-14-33(16-19)28(36)39-29(2,3)4)18-9-11-20(12-10-18)38-26-23(30)7-6-8-24(26)31/h6-12,17,19H,5,13-14,16H2,1-4H3/t19-/m1/s1. The molecular weight excluding hydrogens is 508 g/mol. The molecule has 204 valence electrons. The third kappa shape index (κ3) is 6.03. The fraction of sp³-hybridized carbons (Fsp3) is 0.345. The zero-order valence-electron chi connectivity index (χ0n) is 22.2. The van der Waals surface area contributed by atoms with Gasteiger partial charge < -0.3 is 23.7 Å². The molecule has 39 heavy (non-hydrogen) atoms. The molecule has 4 rings (SSSR count). The maximum atomic E-state index is 14.0. The summed E-state index contributed by atoms with van der Waals surface area (Å²) in [4.78, 5) is 27.2. The Balaban J connectivity index is 1.66. The minimum atomic E-state index is -0.834. The van der Waals surface area contributed by atoms with Crippen molar-refractivity contribution in [3.05, 3.63) is 71.6 Å². The predicted octanol–water partition coefficient (Wildman–Crippen LogP) is 6.46. The second-order valence-electron chi connectivity index (χ2n) is 10.1. The third-order valence-corrected chi connectivity index (χ3v) is 6.13. The van der Waals surface area contributed by atoms with Gasteiger partial charge in [0.1, 0.15) is 23.1 Å². The van der Waals surface area contributed by atoms with Crippen molar-refractivity contribution in [2.45, 2.75) is 45.8 Å². The zero-order chi connectivity index (χ0) is 28.3. The topological polar surface area (TPSA) is 93.8 Å². The molecule has 10 heteroatoms. The van der Waals surface area contributed by atoms with Crippen molar-refractivity contribution in [2.75, 3.05) is 19.7 Å². The molecule has 0 radical (unpaired) electrons. The van der Waals surface area contributed by atoms with Crippen molar-refractivity contribution in [2.24, 2.45) is 0 Å². The number of amides is 1. The Labute approximate surface area is 225 Å². The highest BCUT2D eigenvalue weighted by atomic mass is 19.1. The second-order valence-corrected chi connectivity index (χ2v) is 10.1. The lowest BCUT2D eigenvalue weighted by Gasteiger charge is -2.24. The number of nitriles is 1. The lowest BCUT2D eigenvalue weighted by Crippen LogP contribution is -2.35. The number of aromatic nitrogens is 1. The first-order valence-corrected chi connectivity index (χ1v) is 12.5. The summed E-state index contributed by atoms with van der Waals surface area (Å²) < 4.78 is 45.8. The van der Waals surface area contributed by atoms with Crippen molar-refractivity contribution in [3.63, 3.8) is 0 Å². The van der Waals surface area contributed by atoms with Gasteiger partial charge in [0.15, 0.2) is 17.4 Å². The highest BCUT2D eigenvalue weighted by Crippen LogP contribution is 2.35. The summed E-state index contributed by atoms with van der Waals surface area (Å²) in [6.45, 7) is 7.89. The van der Waals surface area contributed by atoms with Gasteiger partial charge in [-0.1, -0.05) is 18.2 Å². The number of para-hydroxylation sites is 1. The lowest BCUT2D eigenvalue weighted by atomic mass is 10.0. The van der Waals surface area contributed by atoms with E-state index in [1.54, 1.807) is 55.5 Å². The molecular formula is C29H29F2N3O5. The van der Waals surface area contributed by atoms with E-state index in [2.05, 4.69) is 6.07 Å². The number of nitrogens with zero attached hydrogens (tertiary/aromatic N) is 3. The molecule has 1 aliphatic heterocycles. The first-order valence-electron chi connectivity index (χ1n) is 12.5. The van der Waals surface area contributed by atoms with Crippen LogP contribution in [0.25, 0.3) is 11.1 Å². The third-order valence-electron chi connectivity index (χ3n) is 6.13. The van der Waals surface area contributed by atoms with Crippen molar-refractivity contribution < 1.29 is 32.6 Å². The van der Waals surface area contributed by atoms with E-state index in [1.165, 1.54) is 18.2 Å². The van der Waals surface area contributed by atoms with E-state index in [9.17, 15) is 23.6 Å². The van der Waals surface area contributed by atoms with Crippen LogP contribution in [0.15, 0.2) is 48.7 Å². The smallest absolute Gasteiger partial charge is 0.410 e. The van der Waals surface area contributed by atoms with Gasteiger partial charge in [0, 0.05) is 24.8 Å². The van der Waals surface area contributed by atoms with Gasteiger partial charge in [-0.2, -0.15) is 5.26 Å². The van der Waals surface area contributed by atoms with Crippen LogP contribution in [0.3, 0.4) is 0 Å². The molecule has 1 atom stereocenters. The van der Waals surface area contributed by atoms with Crippen LogP contribution in [-0.4, -0.2) is 46.8 Å². The Kier molecular flexibility index (Phi) is 7.90. The van der Waals surface area contributed by atoms with E-state index in [-0.39, 0.29) is 29.7 Å². The molecule has 0 aliphatic carbocycles. The number of ether oxygens (including phenoxy) is 3. The molecule has 1 aliphatic rings. The number of hydrogen-bond donors (Lipinski definition) is 0. The molecule has 1 saturated heterocycles. The number of esters is 1. The quantitative estimate of drug-likeness (QED) is 0.335. The van der Waals surface area contributed by atoms with Gasteiger partial charge in [0.2, 0.25) is 0 Å². The van der Waals surface area contributed by atoms with Crippen LogP contribution in [0.5, 0.6) is 11.5 Å². The highest BCUT2D eigenvalue weighted by molar-refractivity contribution is 5.94. The summed E-state index contributed by atoms with van der Waals surface area (Å²) in [6.07, 6.45) is 1.80. The molecule has 0 bridgehead atoms. The van der Waals surface area contributed by atoms with Crippen LogP contribution < -0.4 is 4.74 Å². The van der Waals surface area contributed by atoms with Crippen LogP contribution in [0.1, 0.15) is 56.2 Å². The van der Waals surface area contributed by atoms with Crippen molar-refractivity contribution in [1.82, 2.24) is 9.47 Å². The number of hydrogen-bond acceptors (Lipinski definition) is 6. The molecule has 0 saturated carbocycles. The maximum absolute atomic E-state index is 14.0. The summed E-state index contributed by atoms with van der Waals surface area (Å²) in [5.74, 6) is -2.64. The van der Waals surface area contributed by atoms with Crippen LogP contribution >= 0.6 is 0 Å². The Hall–Kier alpha value is -4.39. The van der Waals surface area contributed by atoms with Gasteiger partial charge >= 0.3 is 12.1 Å². The molecule has 0 spiro atoms. The summed E-state index contributed by atoms with van der Waals surface area (Å²) in [6, 6.07) is 11.6. The van der Waals surface area contributed by atoms with Gasteiger partial charge in [-0.15, -0.1) is 0 Å². The summed E-state index contributed by atoms with van der Waals surface area (Å²) in [5.41, 5.74) is 0.629. The Morgan fingerprint density at radius 2 is 1.77 bits per heavy atom. The van der Waals surface area contributed by atoms with Crippen LogP contribution in [0.2, 0.25) is 0 Å². The minimum absolute atomic E-state index is 0.0964. The van der Waals surface area contributed by atoms with E-state index in [0.717, 1.165) is 12.1 Å². The molecule has 1 amide bonds. The average molecular weight is 538 g/mol. The van der Waals surface area contributed by atoms with Crippen LogP contribution in [0, 0.1) is 23.0 Å². The molecule has 2 aromatic carbocycles. The number of carbonyl (C=O) groups is 2. The van der Waals surface area contributed by atoms with Crippen molar-refractivity contribution >= 4 is 12.1 Å². The first-order chi connectivity index (χ1) is 18.5. The zero-order valence-corrected chi connectivity index (χ0v) is 22.2. The van der Waals surface area contributed by atoms with E-state index >= 15 is 0 Å². The predicted molar refractivity (Wildman–Crippen MR) is 138 cm³/mol. The molecule has 1 aromatic heterocycles. The summed E-state index contributed by atoms with van der Waals surface area (Å²) in [7, 11) is 0. The van der Waals surface area contributed by atoms with Crippen LogP contribution in [-0.2, 0) is 9.47 Å². The number of carbonyl (C=O) groups excluding carboxylic acids is 2. The number of halogens is 2. The molecule has 2 heterocycles. The van der Waals surface area contributed by atoms with Gasteiger partial charge in [-0.05, 0) is 63.9 Å². The Bertz CT molecular complexity index is 1400. The second kappa shape index (κ2) is 11.2. The van der Waals surface area contributed by atoms with E-state index in [4.69, 9.17) is 14.2 Å². The summed E-state index contributed by atoms with van der Waals surface area (Å²) in [5, 5.41) is 10.0. The van der Waals surface area contributed by atoms with Crippen molar-refractivity contribution in [3.8, 4) is 28.7 Å². The van der Waals surface area contributed by atoms with Gasteiger partial charge in [0.05, 0.1) is 18.2 Å². The fourth-order valence-electron chi connectivity index (χ4n) is 4.41. The van der Waals surface area contributed by atoms with Gasteiger partial charge in [0.25, 0.3) is 0 Å². The molecule has 3 aromatic rings. The van der Waals surface area contributed by atoms with Gasteiger partial charge in [-0.25, -0.2) is 18.4 Å². The van der Waals surface area contributed by atoms with E-state index < -0.39 is 35.0 Å². The SMILES string of the molecule is CCOC(=O)c1c(C#N)c(-c2ccc(Oc3c(F)cccc3F)cc2)cn1[C@@H]1CCN(C(=O)OC(C)(C)C)C1. The van der Waals surface area contributed by atoms with Gasteiger partial charge in [-0.3, -0.25) is 0 Å². The summed E-state index contributed by atoms with van der Waals surface area (Å²) >= 11 is 0. The largest absolute Gasteiger partial charge is 0.461 e. The average Bonchev–Trinajstić information content (AvgIpc) is 3.51. The Morgan fingerprint density at radius 3 is 2.36 bits per heavy atom. The molecule has 8 nitrogen and oxygen atoms in total. The molecule has 0 unspecified atom stereocenters. The number of rotatable bonds is 6. The van der Waals surface area contributed by atoms with Crippen LogP contribution in [0.4, 0.5) is 13.6 Å². The monoisotopic (exact) mass is 537 g/mol. The van der Waals surface area contributed by atoms with Crippen molar-refractivity contribution in [1.29, 1.82) is 5.26 Å². The normalized spacial score (nSPS) is 15.1. The highest BCUT2D eigenvalue weighted by Gasteiger charge is 2.34. The first kappa shape index (κ1) is 27.6. The minimum Gasteiger partial charge on any atom is -0.461 e. The number of benzene rings is 2. The number of likely N-dealkylation sites (tertiary alicyclic amines) is 1. The van der Waals surface area contributed by atoms with E-state index in [0.29, 0.717) is 30.6 Å². The molecule has 0 N–H and O–H groups in total. The lowest BCUT2D eigenvalue weighted by molar-refractivity contribution is 0.0289. The fourth-order valence-corrected chi connectivity index (χ4v) is 4.41. The Morgan fingerprint density at radius 1 is 1.10 bits per heavy atom. The molecule has 1 fully saturated rings. The maximum Gasteiger partial charge on any atom is 0.410 e. The van der Waals surface area contributed by atoms with E-state index in [1.807, 2.05) is 0 Å².